The van der Waals surface area contributed by atoms with Crippen molar-refractivity contribution in [2.24, 2.45) is 0 Å². The minimum atomic E-state index is -0.0760. The predicted octanol–water partition coefficient (Wildman–Crippen LogP) is 3.83. The fraction of sp³-hybridized carbons (Fsp3) is 0.350. The first-order valence-corrected chi connectivity index (χ1v) is 8.23. The number of methoxy groups -OCH3 is 3. The average molecular weight is 342 g/mol. The van der Waals surface area contributed by atoms with Crippen LogP contribution in [0.3, 0.4) is 0 Å². The van der Waals surface area contributed by atoms with Gasteiger partial charge in [0.05, 0.1) is 27.9 Å². The molecule has 5 nitrogen and oxygen atoms in total. The Kier molecular flexibility index (Phi) is 4.83. The highest BCUT2D eigenvalue weighted by molar-refractivity contribution is 6.03. The van der Waals surface area contributed by atoms with Crippen molar-refractivity contribution in [3.8, 4) is 23.0 Å². The normalized spacial score (nSPS) is 15.7. The first-order valence-electron chi connectivity index (χ1n) is 8.23. The van der Waals surface area contributed by atoms with E-state index >= 15 is 0 Å². The van der Waals surface area contributed by atoms with E-state index in [9.17, 15) is 4.79 Å². The van der Waals surface area contributed by atoms with Gasteiger partial charge in [-0.25, -0.2) is 0 Å². The predicted molar refractivity (Wildman–Crippen MR) is 94.5 cm³/mol. The van der Waals surface area contributed by atoms with E-state index in [2.05, 4.69) is 0 Å². The summed E-state index contributed by atoms with van der Waals surface area (Å²) in [6.07, 6.45) is 0.399. The van der Waals surface area contributed by atoms with Gasteiger partial charge in [-0.2, -0.15) is 0 Å². The Morgan fingerprint density at radius 1 is 1.00 bits per heavy atom. The maximum absolute atomic E-state index is 12.6. The van der Waals surface area contributed by atoms with Gasteiger partial charge in [0.25, 0.3) is 0 Å². The molecule has 0 heterocycles. The van der Waals surface area contributed by atoms with Crippen LogP contribution in [0.4, 0.5) is 0 Å². The summed E-state index contributed by atoms with van der Waals surface area (Å²) < 4.78 is 21.9. The molecule has 0 aliphatic heterocycles. The van der Waals surface area contributed by atoms with Crippen molar-refractivity contribution in [1.82, 2.24) is 0 Å². The molecule has 2 aromatic carbocycles. The molecule has 25 heavy (non-hydrogen) atoms. The van der Waals surface area contributed by atoms with Gasteiger partial charge in [0.1, 0.15) is 5.75 Å². The smallest absolute Gasteiger partial charge is 0.203 e. The van der Waals surface area contributed by atoms with Gasteiger partial charge in [0, 0.05) is 23.5 Å². The largest absolute Gasteiger partial charge is 0.494 e. The molecule has 0 fully saturated rings. The molecule has 0 bridgehead atoms. The number of ketones is 1. The third-order valence-corrected chi connectivity index (χ3v) is 4.50. The molecule has 1 aliphatic carbocycles. The SMILES string of the molecule is CCOc1ccc(C2CC(=O)c3cc(OC)c(OC)c(OC)c32)cc1. The summed E-state index contributed by atoms with van der Waals surface area (Å²) in [6, 6.07) is 9.58. The van der Waals surface area contributed by atoms with Gasteiger partial charge in [0.15, 0.2) is 17.3 Å². The maximum atomic E-state index is 12.6. The second-order valence-corrected chi connectivity index (χ2v) is 5.79. The topological polar surface area (TPSA) is 54.0 Å². The summed E-state index contributed by atoms with van der Waals surface area (Å²) in [5, 5.41) is 0. The monoisotopic (exact) mass is 342 g/mol. The highest BCUT2D eigenvalue weighted by Gasteiger charge is 2.36. The van der Waals surface area contributed by atoms with E-state index in [4.69, 9.17) is 18.9 Å². The second-order valence-electron chi connectivity index (χ2n) is 5.79. The number of Topliss-reactive ketones (excluding diaryl/α,β-unsaturated/α-hetero) is 1. The molecule has 0 amide bonds. The standard InChI is InChI=1S/C20H22O5/c1-5-25-13-8-6-12(7-9-13)14-10-16(21)15-11-17(22-2)19(23-3)20(24-4)18(14)15/h6-9,11,14H,5,10H2,1-4H3. The second kappa shape index (κ2) is 7.05. The van der Waals surface area contributed by atoms with Crippen LogP contribution in [0.25, 0.3) is 0 Å². The van der Waals surface area contributed by atoms with Gasteiger partial charge in [-0.1, -0.05) is 12.1 Å². The molecule has 0 saturated heterocycles. The molecule has 3 rings (SSSR count). The van der Waals surface area contributed by atoms with Gasteiger partial charge in [0.2, 0.25) is 5.75 Å². The minimum Gasteiger partial charge on any atom is -0.494 e. The number of rotatable bonds is 6. The molecular formula is C20H22O5. The van der Waals surface area contributed by atoms with Crippen molar-refractivity contribution in [1.29, 1.82) is 0 Å². The number of hydrogen-bond donors (Lipinski definition) is 0. The Hall–Kier alpha value is -2.69. The molecule has 0 aromatic heterocycles. The van der Waals surface area contributed by atoms with Crippen LogP contribution in [0.15, 0.2) is 30.3 Å². The third kappa shape index (κ3) is 2.90. The van der Waals surface area contributed by atoms with Crippen molar-refractivity contribution in [2.75, 3.05) is 27.9 Å². The van der Waals surface area contributed by atoms with E-state index in [0.29, 0.717) is 35.8 Å². The minimum absolute atomic E-state index is 0.0760. The highest BCUT2D eigenvalue weighted by Crippen LogP contribution is 2.51. The Morgan fingerprint density at radius 3 is 2.24 bits per heavy atom. The number of carbonyl (C=O) groups excluding carboxylic acids is 1. The van der Waals surface area contributed by atoms with Gasteiger partial charge in [-0.3, -0.25) is 4.79 Å². The lowest BCUT2D eigenvalue weighted by atomic mass is 9.92. The first kappa shape index (κ1) is 17.1. The van der Waals surface area contributed by atoms with Crippen LogP contribution >= 0.6 is 0 Å². The molecule has 5 heteroatoms. The Bertz CT molecular complexity index is 780. The lowest BCUT2D eigenvalue weighted by Gasteiger charge is -2.19. The Balaban J connectivity index is 2.11. The van der Waals surface area contributed by atoms with Crippen molar-refractivity contribution in [3.63, 3.8) is 0 Å². The molecule has 1 unspecified atom stereocenters. The number of ether oxygens (including phenoxy) is 4. The van der Waals surface area contributed by atoms with E-state index in [1.807, 2.05) is 31.2 Å². The Morgan fingerprint density at radius 2 is 1.68 bits per heavy atom. The highest BCUT2D eigenvalue weighted by atomic mass is 16.5. The number of carbonyl (C=O) groups is 1. The first-order chi connectivity index (χ1) is 12.1. The summed E-state index contributed by atoms with van der Waals surface area (Å²) in [5.41, 5.74) is 2.53. The molecule has 2 aromatic rings. The molecule has 132 valence electrons. The molecule has 1 atom stereocenters. The lowest BCUT2D eigenvalue weighted by molar-refractivity contribution is 0.0991. The van der Waals surface area contributed by atoms with Crippen LogP contribution in [-0.2, 0) is 0 Å². The molecule has 0 spiro atoms. The summed E-state index contributed by atoms with van der Waals surface area (Å²) in [5.74, 6) is 2.38. The number of fused-ring (bicyclic) bond motifs is 1. The van der Waals surface area contributed by atoms with Gasteiger partial charge in [-0.15, -0.1) is 0 Å². The van der Waals surface area contributed by atoms with Crippen molar-refractivity contribution in [2.45, 2.75) is 19.3 Å². The van der Waals surface area contributed by atoms with E-state index in [0.717, 1.165) is 16.9 Å². The zero-order valence-corrected chi connectivity index (χ0v) is 14.9. The van der Waals surface area contributed by atoms with E-state index < -0.39 is 0 Å². The van der Waals surface area contributed by atoms with Crippen LogP contribution in [0.1, 0.15) is 40.7 Å². The summed E-state index contributed by atoms with van der Waals surface area (Å²) in [4.78, 5) is 12.6. The number of hydrogen-bond acceptors (Lipinski definition) is 5. The zero-order chi connectivity index (χ0) is 18.0. The summed E-state index contributed by atoms with van der Waals surface area (Å²) >= 11 is 0. The van der Waals surface area contributed by atoms with E-state index in [1.165, 1.54) is 0 Å². The maximum Gasteiger partial charge on any atom is 0.203 e. The molecule has 1 aliphatic rings. The van der Waals surface area contributed by atoms with Crippen LogP contribution in [0.2, 0.25) is 0 Å². The number of benzene rings is 2. The van der Waals surface area contributed by atoms with Crippen LogP contribution in [-0.4, -0.2) is 33.7 Å². The van der Waals surface area contributed by atoms with E-state index in [-0.39, 0.29) is 11.7 Å². The summed E-state index contributed by atoms with van der Waals surface area (Å²) in [6.45, 7) is 2.57. The molecule has 0 saturated carbocycles. The van der Waals surface area contributed by atoms with Crippen LogP contribution in [0, 0.1) is 0 Å². The van der Waals surface area contributed by atoms with Crippen molar-refractivity contribution >= 4 is 5.78 Å². The quantitative estimate of drug-likeness (QED) is 0.798. The average Bonchev–Trinajstić information content (AvgIpc) is 2.97. The fourth-order valence-electron chi connectivity index (χ4n) is 3.40. The van der Waals surface area contributed by atoms with Gasteiger partial charge >= 0.3 is 0 Å². The molecule has 0 radical (unpaired) electrons. The van der Waals surface area contributed by atoms with E-state index in [1.54, 1.807) is 27.4 Å². The van der Waals surface area contributed by atoms with Gasteiger partial charge < -0.3 is 18.9 Å². The van der Waals surface area contributed by atoms with Crippen molar-refractivity contribution < 1.29 is 23.7 Å². The molecular weight excluding hydrogens is 320 g/mol. The van der Waals surface area contributed by atoms with Gasteiger partial charge in [-0.05, 0) is 30.7 Å². The van der Waals surface area contributed by atoms with Crippen molar-refractivity contribution in [3.05, 3.63) is 47.0 Å². The van der Waals surface area contributed by atoms with Crippen LogP contribution in [0.5, 0.6) is 23.0 Å². The molecule has 0 N–H and O–H groups in total. The Labute approximate surface area is 147 Å². The lowest BCUT2D eigenvalue weighted by Crippen LogP contribution is -2.03. The third-order valence-electron chi connectivity index (χ3n) is 4.50. The summed E-state index contributed by atoms with van der Waals surface area (Å²) in [7, 11) is 4.69. The van der Waals surface area contributed by atoms with Crippen LogP contribution < -0.4 is 18.9 Å². The fourth-order valence-corrected chi connectivity index (χ4v) is 3.40. The zero-order valence-electron chi connectivity index (χ0n) is 14.9.